The number of ether oxygens (including phenoxy) is 1. The van der Waals surface area contributed by atoms with Crippen LogP contribution < -0.4 is 0 Å². The van der Waals surface area contributed by atoms with E-state index < -0.39 is 0 Å². The van der Waals surface area contributed by atoms with Gasteiger partial charge in [0.15, 0.2) is 5.78 Å². The largest absolute Gasteiger partial charge is 0.378 e. The van der Waals surface area contributed by atoms with E-state index in [9.17, 15) is 4.79 Å². The second-order valence-electron chi connectivity index (χ2n) is 4.79. The minimum Gasteiger partial charge on any atom is -0.378 e. The Balaban J connectivity index is 1.77. The predicted octanol–water partition coefficient (Wildman–Crippen LogP) is 0.455. The predicted molar refractivity (Wildman–Crippen MR) is 59.8 cm³/mol. The summed E-state index contributed by atoms with van der Waals surface area (Å²) in [5.74, 6) is 0.668. The number of fused-ring (bicyclic) bond motifs is 3. The van der Waals surface area contributed by atoms with Gasteiger partial charge in [-0.1, -0.05) is 0 Å². The highest BCUT2D eigenvalue weighted by atomic mass is 16.5. The van der Waals surface area contributed by atoms with Crippen LogP contribution in [-0.4, -0.2) is 55.0 Å². The van der Waals surface area contributed by atoms with Gasteiger partial charge in [-0.25, -0.2) is 0 Å². The Morgan fingerprint density at radius 2 is 1.81 bits per heavy atom. The molecule has 0 radical (unpaired) electrons. The van der Waals surface area contributed by atoms with Crippen molar-refractivity contribution in [1.82, 2.24) is 9.80 Å². The number of carbonyl (C=O) groups is 1. The summed E-state index contributed by atoms with van der Waals surface area (Å²) < 4.78 is 5.31. The zero-order valence-electron chi connectivity index (χ0n) is 9.52. The first-order valence-electron chi connectivity index (χ1n) is 6.17. The highest BCUT2D eigenvalue weighted by Crippen LogP contribution is 2.31. The van der Waals surface area contributed by atoms with Crippen LogP contribution in [0, 0.1) is 5.92 Å². The Kier molecular flexibility index (Phi) is 2.59. The van der Waals surface area contributed by atoms with Crippen LogP contribution in [0.15, 0.2) is 11.9 Å². The summed E-state index contributed by atoms with van der Waals surface area (Å²) in [6, 6.07) is 0. The average Bonchev–Trinajstić information content (AvgIpc) is 2.36. The van der Waals surface area contributed by atoms with Gasteiger partial charge in [0.2, 0.25) is 0 Å². The Morgan fingerprint density at radius 1 is 1.12 bits per heavy atom. The van der Waals surface area contributed by atoms with Crippen LogP contribution in [0.5, 0.6) is 0 Å². The molecule has 4 aliphatic heterocycles. The van der Waals surface area contributed by atoms with Crippen molar-refractivity contribution in [2.75, 3.05) is 39.4 Å². The van der Waals surface area contributed by atoms with Crippen molar-refractivity contribution in [2.24, 2.45) is 5.92 Å². The second kappa shape index (κ2) is 4.09. The maximum absolute atomic E-state index is 12.1. The fraction of sp³-hybridized carbons (Fsp3) is 0.750. The quantitative estimate of drug-likeness (QED) is 0.603. The normalized spacial score (nSPS) is 29.2. The van der Waals surface area contributed by atoms with E-state index >= 15 is 0 Å². The maximum atomic E-state index is 12.1. The average molecular weight is 222 g/mol. The maximum Gasteiger partial charge on any atom is 0.183 e. The van der Waals surface area contributed by atoms with Crippen LogP contribution in [0.2, 0.25) is 0 Å². The second-order valence-corrected chi connectivity index (χ2v) is 4.79. The summed E-state index contributed by atoms with van der Waals surface area (Å²) in [5, 5.41) is 0. The van der Waals surface area contributed by atoms with E-state index in [1.165, 1.54) is 0 Å². The monoisotopic (exact) mass is 222 g/mol. The molecule has 0 saturated carbocycles. The molecule has 0 atom stereocenters. The molecular formula is C12H18N2O2. The molecule has 4 rings (SSSR count). The molecular weight excluding hydrogens is 204 g/mol. The minimum atomic E-state index is 0.303. The van der Waals surface area contributed by atoms with Gasteiger partial charge < -0.3 is 14.5 Å². The van der Waals surface area contributed by atoms with Gasteiger partial charge >= 0.3 is 0 Å². The lowest BCUT2D eigenvalue weighted by Gasteiger charge is -2.42. The van der Waals surface area contributed by atoms with E-state index in [4.69, 9.17) is 4.74 Å². The highest BCUT2D eigenvalue weighted by molar-refractivity contribution is 5.98. The van der Waals surface area contributed by atoms with Crippen LogP contribution >= 0.6 is 0 Å². The summed E-state index contributed by atoms with van der Waals surface area (Å²) in [7, 11) is 0. The molecule has 0 aromatic heterocycles. The zero-order chi connectivity index (χ0) is 11.0. The standard InChI is InChI=1S/C12H18N2O2/c15-12-10-1-3-14(4-2-10)11(12)9-13-5-7-16-8-6-13/h9-10H,1-8H2/b11-9+. The summed E-state index contributed by atoms with van der Waals surface area (Å²) >= 11 is 0. The van der Waals surface area contributed by atoms with Crippen LogP contribution in [-0.2, 0) is 9.53 Å². The first-order chi connectivity index (χ1) is 7.84. The SMILES string of the molecule is O=C1/C(=C\N2CCOCC2)N2CCC1CC2. The Morgan fingerprint density at radius 3 is 2.44 bits per heavy atom. The van der Waals surface area contributed by atoms with Gasteiger partial charge in [0.25, 0.3) is 0 Å². The molecule has 88 valence electrons. The fourth-order valence-corrected chi connectivity index (χ4v) is 2.77. The van der Waals surface area contributed by atoms with Crippen molar-refractivity contribution in [3.05, 3.63) is 11.9 Å². The molecule has 4 aliphatic rings. The minimum absolute atomic E-state index is 0.303. The van der Waals surface area contributed by atoms with Gasteiger partial charge in [-0.3, -0.25) is 4.79 Å². The number of allylic oxidation sites excluding steroid dienone is 1. The number of hydrogen-bond acceptors (Lipinski definition) is 4. The van der Waals surface area contributed by atoms with E-state index in [1.54, 1.807) is 0 Å². The number of carbonyl (C=O) groups excluding carboxylic acids is 1. The molecule has 4 heterocycles. The number of nitrogens with zero attached hydrogens (tertiary/aromatic N) is 2. The molecule has 4 heteroatoms. The smallest absolute Gasteiger partial charge is 0.183 e. The molecule has 4 fully saturated rings. The van der Waals surface area contributed by atoms with E-state index in [0.717, 1.165) is 57.9 Å². The molecule has 0 amide bonds. The number of piperidine rings is 3. The lowest BCUT2D eigenvalue weighted by Crippen LogP contribution is -2.47. The molecule has 0 unspecified atom stereocenters. The molecule has 0 aliphatic carbocycles. The molecule has 16 heavy (non-hydrogen) atoms. The third kappa shape index (κ3) is 1.71. The van der Waals surface area contributed by atoms with Gasteiger partial charge in [0.1, 0.15) is 0 Å². The summed E-state index contributed by atoms with van der Waals surface area (Å²) in [6.45, 7) is 5.51. The number of morpholine rings is 1. The Labute approximate surface area is 95.8 Å². The highest BCUT2D eigenvalue weighted by Gasteiger charge is 2.36. The number of ketones is 1. The van der Waals surface area contributed by atoms with Crippen molar-refractivity contribution in [3.8, 4) is 0 Å². The lowest BCUT2D eigenvalue weighted by atomic mass is 9.85. The third-order valence-corrected chi connectivity index (χ3v) is 3.81. The summed E-state index contributed by atoms with van der Waals surface area (Å²) in [6.07, 6.45) is 4.18. The van der Waals surface area contributed by atoms with Crippen LogP contribution in [0.25, 0.3) is 0 Å². The molecule has 0 N–H and O–H groups in total. The molecule has 0 spiro atoms. The molecule has 0 aromatic rings. The van der Waals surface area contributed by atoms with Gasteiger partial charge in [-0.15, -0.1) is 0 Å². The van der Waals surface area contributed by atoms with Crippen LogP contribution in [0.4, 0.5) is 0 Å². The van der Waals surface area contributed by atoms with Crippen LogP contribution in [0.1, 0.15) is 12.8 Å². The zero-order valence-corrected chi connectivity index (χ0v) is 9.52. The fourth-order valence-electron chi connectivity index (χ4n) is 2.77. The molecule has 0 aromatic carbocycles. The van der Waals surface area contributed by atoms with Gasteiger partial charge in [0, 0.05) is 38.3 Å². The first-order valence-corrected chi connectivity index (χ1v) is 6.17. The van der Waals surface area contributed by atoms with Gasteiger partial charge in [-0.05, 0) is 12.8 Å². The van der Waals surface area contributed by atoms with Gasteiger partial charge in [-0.2, -0.15) is 0 Å². The molecule has 4 nitrogen and oxygen atoms in total. The van der Waals surface area contributed by atoms with E-state index in [1.807, 2.05) is 0 Å². The van der Waals surface area contributed by atoms with E-state index in [0.29, 0.717) is 11.7 Å². The van der Waals surface area contributed by atoms with Crippen molar-refractivity contribution >= 4 is 5.78 Å². The first kappa shape index (κ1) is 10.1. The van der Waals surface area contributed by atoms with Gasteiger partial charge in [0.05, 0.1) is 18.9 Å². The Bertz CT molecular complexity index is 313. The van der Waals surface area contributed by atoms with E-state index in [-0.39, 0.29) is 0 Å². The summed E-state index contributed by atoms with van der Waals surface area (Å²) in [4.78, 5) is 16.6. The Hall–Kier alpha value is -1.03. The van der Waals surface area contributed by atoms with Crippen LogP contribution in [0.3, 0.4) is 0 Å². The number of rotatable bonds is 1. The molecule has 2 bridgehead atoms. The van der Waals surface area contributed by atoms with E-state index in [2.05, 4.69) is 16.0 Å². The summed E-state index contributed by atoms with van der Waals surface area (Å²) in [5.41, 5.74) is 0.949. The molecule has 4 saturated heterocycles. The van der Waals surface area contributed by atoms with Crippen molar-refractivity contribution < 1.29 is 9.53 Å². The van der Waals surface area contributed by atoms with Crippen molar-refractivity contribution in [2.45, 2.75) is 12.8 Å². The third-order valence-electron chi connectivity index (χ3n) is 3.81. The lowest BCUT2D eigenvalue weighted by molar-refractivity contribution is -0.125. The topological polar surface area (TPSA) is 32.8 Å². The number of Topliss-reactive ketones (excluding diaryl/α,β-unsaturated/α-hetero) is 1. The van der Waals surface area contributed by atoms with Crippen molar-refractivity contribution in [1.29, 1.82) is 0 Å². The number of hydrogen-bond donors (Lipinski definition) is 0. The van der Waals surface area contributed by atoms with Crippen molar-refractivity contribution in [3.63, 3.8) is 0 Å².